The molecule has 0 unspecified atom stereocenters. The van der Waals surface area contributed by atoms with Crippen LogP contribution < -0.4 is 15.0 Å². The molecule has 176 valence electrons. The molecular formula is C34H24N2O. The van der Waals surface area contributed by atoms with Gasteiger partial charge in [0.25, 0.3) is 0 Å². The van der Waals surface area contributed by atoms with Gasteiger partial charge in [-0.15, -0.1) is 0 Å². The van der Waals surface area contributed by atoms with Crippen LogP contribution in [0.25, 0.3) is 21.9 Å². The maximum Gasteiger partial charge on any atom is 0.152 e. The van der Waals surface area contributed by atoms with Gasteiger partial charge in [-0.2, -0.15) is 0 Å². The van der Waals surface area contributed by atoms with Crippen LogP contribution in [0.1, 0.15) is 0 Å². The second-order valence-electron chi connectivity index (χ2n) is 9.12. The van der Waals surface area contributed by atoms with Crippen molar-refractivity contribution in [2.45, 2.75) is 0 Å². The van der Waals surface area contributed by atoms with Crippen LogP contribution in [-0.4, -0.2) is 0 Å². The van der Waals surface area contributed by atoms with E-state index in [9.17, 15) is 0 Å². The molecule has 3 nitrogen and oxygen atoms in total. The first-order valence-electron chi connectivity index (χ1n) is 12.5. The molecule has 0 bridgehead atoms. The van der Waals surface area contributed by atoms with E-state index in [0.29, 0.717) is 0 Å². The van der Waals surface area contributed by atoms with Gasteiger partial charge in [0.2, 0.25) is 0 Å². The summed E-state index contributed by atoms with van der Waals surface area (Å²) in [5.74, 6) is 1.62. The van der Waals surface area contributed by atoms with Crippen LogP contribution in [0.5, 0.6) is 11.5 Å². The highest BCUT2D eigenvalue weighted by atomic mass is 16.5. The minimum atomic E-state index is 0.772. The summed E-state index contributed by atoms with van der Waals surface area (Å²) in [6.07, 6.45) is 0. The lowest BCUT2D eigenvalue weighted by Crippen LogP contribution is -2.10. The number of rotatable bonds is 3. The average Bonchev–Trinajstić information content (AvgIpc) is 3.01. The molecule has 0 atom stereocenters. The van der Waals surface area contributed by atoms with Gasteiger partial charge in [0.15, 0.2) is 5.75 Å². The van der Waals surface area contributed by atoms with Gasteiger partial charge in [0.05, 0.1) is 5.69 Å². The smallest absolute Gasteiger partial charge is 0.152 e. The summed E-state index contributed by atoms with van der Waals surface area (Å²) in [7, 11) is 0. The van der Waals surface area contributed by atoms with E-state index in [-0.39, 0.29) is 0 Å². The normalized spacial score (nSPS) is 11.7. The van der Waals surface area contributed by atoms with Crippen molar-refractivity contribution >= 4 is 39.2 Å². The second-order valence-corrected chi connectivity index (χ2v) is 9.12. The average molecular weight is 477 g/mol. The Hall–Kier alpha value is -5.02. The Kier molecular flexibility index (Phi) is 5.11. The molecule has 37 heavy (non-hydrogen) atoms. The van der Waals surface area contributed by atoms with E-state index in [0.717, 1.165) is 61.8 Å². The summed E-state index contributed by atoms with van der Waals surface area (Å²) in [5.41, 5.74) is 7.46. The van der Waals surface area contributed by atoms with Gasteiger partial charge < -0.3 is 15.0 Å². The van der Waals surface area contributed by atoms with E-state index in [4.69, 9.17) is 4.74 Å². The molecule has 0 aromatic heterocycles. The molecule has 0 spiro atoms. The van der Waals surface area contributed by atoms with Crippen molar-refractivity contribution in [3.63, 3.8) is 0 Å². The zero-order valence-corrected chi connectivity index (χ0v) is 20.1. The predicted molar refractivity (Wildman–Crippen MR) is 154 cm³/mol. The van der Waals surface area contributed by atoms with Crippen LogP contribution >= 0.6 is 0 Å². The fourth-order valence-corrected chi connectivity index (χ4v) is 5.15. The van der Waals surface area contributed by atoms with Crippen LogP contribution in [-0.2, 0) is 0 Å². The molecule has 6 aromatic rings. The quantitative estimate of drug-likeness (QED) is 0.275. The molecule has 1 N–H and O–H groups in total. The molecule has 7 rings (SSSR count). The molecule has 0 saturated carbocycles. The fraction of sp³-hybridized carbons (Fsp3) is 0. The lowest BCUT2D eigenvalue weighted by molar-refractivity contribution is 0.491. The Bertz CT molecular complexity index is 1680. The van der Waals surface area contributed by atoms with Gasteiger partial charge in [0, 0.05) is 39.8 Å². The summed E-state index contributed by atoms with van der Waals surface area (Å²) >= 11 is 0. The molecule has 3 heteroatoms. The number of fused-ring (bicyclic) bond motifs is 3. The number of anilines is 5. The predicted octanol–water partition coefficient (Wildman–Crippen LogP) is 9.83. The lowest BCUT2D eigenvalue weighted by Gasteiger charge is -2.26. The molecule has 0 fully saturated rings. The van der Waals surface area contributed by atoms with Crippen molar-refractivity contribution in [1.82, 2.24) is 0 Å². The number of ether oxygens (including phenoxy) is 1. The highest BCUT2D eigenvalue weighted by Gasteiger charge is 2.20. The van der Waals surface area contributed by atoms with Crippen LogP contribution in [0, 0.1) is 0 Å². The molecule has 0 amide bonds. The molecule has 1 aliphatic rings. The first-order chi connectivity index (χ1) is 18.3. The maximum atomic E-state index is 6.74. The lowest BCUT2D eigenvalue weighted by atomic mass is 9.96. The van der Waals surface area contributed by atoms with E-state index in [1.807, 2.05) is 12.1 Å². The zero-order chi connectivity index (χ0) is 24.6. The van der Waals surface area contributed by atoms with Gasteiger partial charge >= 0.3 is 0 Å². The van der Waals surface area contributed by atoms with Gasteiger partial charge in [0.1, 0.15) is 5.75 Å². The third-order valence-electron chi connectivity index (χ3n) is 6.83. The standard InChI is InChI=1S/C34H24N2O/c1-3-13-25(14-4-1)36(26-15-5-2-6-16-26)27-21-22-31-33(23-27)37-32-20-10-12-24-11-9-18-29(34(24)32)28-17-7-8-19-30(28)35-31/h1-23,35H. The zero-order valence-electron chi connectivity index (χ0n) is 20.1. The van der Waals surface area contributed by atoms with Crippen molar-refractivity contribution in [3.05, 3.63) is 140 Å². The van der Waals surface area contributed by atoms with Crippen molar-refractivity contribution in [2.75, 3.05) is 10.2 Å². The Labute approximate surface area is 216 Å². The number of hydrogen-bond donors (Lipinski definition) is 1. The maximum absolute atomic E-state index is 6.74. The number of hydrogen-bond acceptors (Lipinski definition) is 3. The molecule has 6 aromatic carbocycles. The number of nitrogens with zero attached hydrogens (tertiary/aromatic N) is 1. The molecule has 1 aliphatic heterocycles. The van der Waals surface area contributed by atoms with Gasteiger partial charge in [-0.05, 0) is 59.5 Å². The fourth-order valence-electron chi connectivity index (χ4n) is 5.15. The minimum absolute atomic E-state index is 0.772. The number of benzene rings is 6. The Morgan fingerprint density at radius 2 is 1.11 bits per heavy atom. The van der Waals surface area contributed by atoms with Crippen molar-refractivity contribution < 1.29 is 4.74 Å². The van der Waals surface area contributed by atoms with Crippen molar-refractivity contribution in [3.8, 4) is 22.6 Å². The molecular weight excluding hydrogens is 452 g/mol. The summed E-state index contributed by atoms with van der Waals surface area (Å²) in [6, 6.07) is 48.3. The highest BCUT2D eigenvalue weighted by Crippen LogP contribution is 2.46. The van der Waals surface area contributed by atoms with Crippen LogP contribution in [0.2, 0.25) is 0 Å². The first kappa shape index (κ1) is 21.3. The van der Waals surface area contributed by atoms with Crippen LogP contribution in [0.3, 0.4) is 0 Å². The molecule has 0 aliphatic carbocycles. The van der Waals surface area contributed by atoms with Crippen molar-refractivity contribution in [1.29, 1.82) is 0 Å². The van der Waals surface area contributed by atoms with Crippen LogP contribution in [0.4, 0.5) is 28.4 Å². The summed E-state index contributed by atoms with van der Waals surface area (Å²) in [6.45, 7) is 0. The number of nitrogens with one attached hydrogen (secondary N) is 1. The van der Waals surface area contributed by atoms with E-state index < -0.39 is 0 Å². The van der Waals surface area contributed by atoms with Gasteiger partial charge in [-0.1, -0.05) is 84.9 Å². The molecule has 0 radical (unpaired) electrons. The second kappa shape index (κ2) is 8.89. The highest BCUT2D eigenvalue weighted by molar-refractivity contribution is 6.04. The number of para-hydroxylation sites is 3. The first-order valence-corrected chi connectivity index (χ1v) is 12.5. The van der Waals surface area contributed by atoms with E-state index >= 15 is 0 Å². The summed E-state index contributed by atoms with van der Waals surface area (Å²) in [5, 5.41) is 5.93. The summed E-state index contributed by atoms with van der Waals surface area (Å²) in [4.78, 5) is 2.25. The molecule has 1 heterocycles. The summed E-state index contributed by atoms with van der Waals surface area (Å²) < 4.78 is 6.74. The van der Waals surface area contributed by atoms with Crippen LogP contribution in [0.15, 0.2) is 140 Å². The SMILES string of the molecule is c1ccc(N(c2ccccc2)c2ccc3c(c2)Oc2cccc4cccc(c24)-c2ccccc2N3)cc1. The largest absolute Gasteiger partial charge is 0.454 e. The van der Waals surface area contributed by atoms with E-state index in [1.54, 1.807) is 0 Å². The minimum Gasteiger partial charge on any atom is -0.454 e. The third-order valence-corrected chi connectivity index (χ3v) is 6.83. The van der Waals surface area contributed by atoms with Crippen molar-refractivity contribution in [2.24, 2.45) is 0 Å². The Balaban J connectivity index is 1.45. The molecule has 0 saturated heterocycles. The third kappa shape index (κ3) is 3.78. The van der Waals surface area contributed by atoms with Gasteiger partial charge in [-0.25, -0.2) is 0 Å². The van der Waals surface area contributed by atoms with E-state index in [2.05, 4.69) is 138 Å². The Morgan fingerprint density at radius 1 is 0.459 bits per heavy atom. The topological polar surface area (TPSA) is 24.5 Å². The monoisotopic (exact) mass is 476 g/mol. The van der Waals surface area contributed by atoms with E-state index in [1.165, 1.54) is 0 Å². The Morgan fingerprint density at radius 3 is 1.86 bits per heavy atom. The van der Waals surface area contributed by atoms with Gasteiger partial charge in [-0.3, -0.25) is 0 Å².